The van der Waals surface area contributed by atoms with Gasteiger partial charge in [-0.25, -0.2) is 0 Å². The number of hydrogen-bond donors (Lipinski definition) is 0. The second kappa shape index (κ2) is 6.27. The lowest BCUT2D eigenvalue weighted by atomic mass is 10.1. The summed E-state index contributed by atoms with van der Waals surface area (Å²) in [6.45, 7) is -0.681. The van der Waals surface area contributed by atoms with Gasteiger partial charge in [0, 0.05) is 0 Å². The summed E-state index contributed by atoms with van der Waals surface area (Å²) in [7, 11) is -2.39. The zero-order valence-electron chi connectivity index (χ0n) is 10.8. The highest BCUT2D eigenvalue weighted by molar-refractivity contribution is 7.85. The minimum absolute atomic E-state index is 0.101. The number of benzene rings is 1. The zero-order valence-corrected chi connectivity index (χ0v) is 11.6. The predicted octanol–water partition coefficient (Wildman–Crippen LogP) is 2.62. The number of alkyl halides is 3. The van der Waals surface area contributed by atoms with Crippen LogP contribution in [0.2, 0.25) is 0 Å². The average molecular weight is 310 g/mol. The number of halogens is 3. The van der Waals surface area contributed by atoms with Crippen LogP contribution in [0.15, 0.2) is 30.3 Å². The summed E-state index contributed by atoms with van der Waals surface area (Å²) in [6.07, 6.45) is -3.17. The molecule has 0 aliphatic rings. The zero-order chi connectivity index (χ0) is 15.4. The summed E-state index contributed by atoms with van der Waals surface area (Å²) in [6, 6.07) is 5.23. The van der Waals surface area contributed by atoms with Crippen molar-refractivity contribution in [2.24, 2.45) is 0 Å². The topological polar surface area (TPSA) is 52.6 Å². The normalized spacial score (nSPS) is 13.3. The van der Waals surface area contributed by atoms with Gasteiger partial charge in [-0.15, -0.1) is 0 Å². The van der Waals surface area contributed by atoms with Gasteiger partial charge in [0.2, 0.25) is 0 Å². The summed E-state index contributed by atoms with van der Waals surface area (Å²) in [5.41, 5.74) is -1.07. The van der Waals surface area contributed by atoms with E-state index in [0.717, 1.165) is 6.26 Å². The van der Waals surface area contributed by atoms with Crippen LogP contribution in [0.1, 0.15) is 5.56 Å². The van der Waals surface area contributed by atoms with Crippen LogP contribution in [0.5, 0.6) is 5.75 Å². The average Bonchev–Trinajstić information content (AvgIpc) is 2.32. The molecule has 0 unspecified atom stereocenters. The SMILES string of the molecule is COc1ccc(/C(=C/COS(C)(=O)=O)C(F)(F)F)cc1. The van der Waals surface area contributed by atoms with Crippen LogP contribution in [0, 0.1) is 0 Å². The standard InChI is InChI=1S/C12H13F3O4S/c1-18-10-5-3-9(4-6-10)11(12(13,14)15)7-8-19-20(2,16)17/h3-7H,8H2,1-2H3/b11-7-. The Morgan fingerprint density at radius 3 is 2.20 bits per heavy atom. The van der Waals surface area contributed by atoms with Gasteiger partial charge in [0.25, 0.3) is 10.1 Å². The molecule has 0 atom stereocenters. The van der Waals surface area contributed by atoms with Crippen LogP contribution < -0.4 is 4.74 Å². The Hall–Kier alpha value is -1.54. The minimum Gasteiger partial charge on any atom is -0.497 e. The van der Waals surface area contributed by atoms with E-state index in [0.29, 0.717) is 11.8 Å². The summed E-state index contributed by atoms with van der Waals surface area (Å²) >= 11 is 0. The molecule has 0 N–H and O–H groups in total. The van der Waals surface area contributed by atoms with Crippen molar-refractivity contribution in [1.82, 2.24) is 0 Å². The summed E-state index contributed by atoms with van der Waals surface area (Å²) in [5.74, 6) is 0.419. The van der Waals surface area contributed by atoms with Gasteiger partial charge in [0.15, 0.2) is 0 Å². The molecule has 0 radical (unpaired) electrons. The number of allylic oxidation sites excluding steroid dienone is 1. The Morgan fingerprint density at radius 2 is 1.80 bits per heavy atom. The van der Waals surface area contributed by atoms with Gasteiger partial charge >= 0.3 is 6.18 Å². The molecular formula is C12H13F3O4S. The molecule has 112 valence electrons. The van der Waals surface area contributed by atoms with Gasteiger partial charge < -0.3 is 4.74 Å². The van der Waals surface area contributed by atoms with Gasteiger partial charge in [-0.3, -0.25) is 4.18 Å². The Bertz CT molecular complexity index is 574. The van der Waals surface area contributed by atoms with Crippen LogP contribution in [-0.2, 0) is 14.3 Å². The lowest BCUT2D eigenvalue weighted by Gasteiger charge is -2.12. The number of ether oxygens (including phenoxy) is 1. The smallest absolute Gasteiger partial charge is 0.416 e. The van der Waals surface area contributed by atoms with Crippen LogP contribution >= 0.6 is 0 Å². The maximum Gasteiger partial charge on any atom is 0.416 e. The second-order valence-corrected chi connectivity index (χ2v) is 5.48. The van der Waals surface area contributed by atoms with E-state index in [2.05, 4.69) is 4.18 Å². The van der Waals surface area contributed by atoms with Crippen LogP contribution in [-0.4, -0.2) is 34.6 Å². The third-order valence-corrected chi connectivity index (χ3v) is 2.84. The molecule has 4 nitrogen and oxygen atoms in total. The molecule has 1 aromatic rings. The molecule has 1 aromatic carbocycles. The molecule has 0 aromatic heterocycles. The first-order chi connectivity index (χ1) is 9.13. The Kier molecular flexibility index (Phi) is 5.18. The molecule has 1 rings (SSSR count). The van der Waals surface area contributed by atoms with E-state index in [1.54, 1.807) is 0 Å². The molecule has 0 spiro atoms. The molecule has 0 fully saturated rings. The Morgan fingerprint density at radius 1 is 1.25 bits per heavy atom. The largest absolute Gasteiger partial charge is 0.497 e. The quantitative estimate of drug-likeness (QED) is 0.785. The number of hydrogen-bond acceptors (Lipinski definition) is 4. The molecule has 20 heavy (non-hydrogen) atoms. The minimum atomic E-state index is -4.62. The van der Waals surface area contributed by atoms with Crippen molar-refractivity contribution in [2.45, 2.75) is 6.18 Å². The molecular weight excluding hydrogens is 297 g/mol. The van der Waals surface area contributed by atoms with Crippen molar-refractivity contribution in [3.8, 4) is 5.75 Å². The van der Waals surface area contributed by atoms with Crippen molar-refractivity contribution in [3.05, 3.63) is 35.9 Å². The van der Waals surface area contributed by atoms with Crippen molar-refractivity contribution >= 4 is 15.7 Å². The van der Waals surface area contributed by atoms with Gasteiger partial charge in [0.05, 0.1) is 25.5 Å². The second-order valence-electron chi connectivity index (χ2n) is 3.83. The monoisotopic (exact) mass is 310 g/mol. The van der Waals surface area contributed by atoms with E-state index in [4.69, 9.17) is 4.74 Å². The summed E-state index contributed by atoms with van der Waals surface area (Å²) in [5, 5.41) is 0. The number of methoxy groups -OCH3 is 1. The Balaban J connectivity index is 3.03. The fourth-order valence-electron chi connectivity index (χ4n) is 1.41. The summed E-state index contributed by atoms with van der Waals surface area (Å²) in [4.78, 5) is 0. The van der Waals surface area contributed by atoms with Crippen molar-refractivity contribution < 1.29 is 30.5 Å². The molecule has 0 saturated carbocycles. The molecule has 0 heterocycles. The van der Waals surface area contributed by atoms with Crippen LogP contribution in [0.3, 0.4) is 0 Å². The maximum absolute atomic E-state index is 12.9. The number of rotatable bonds is 5. The highest BCUT2D eigenvalue weighted by Gasteiger charge is 2.34. The van der Waals surface area contributed by atoms with Gasteiger partial charge in [-0.2, -0.15) is 21.6 Å². The first-order valence-corrected chi connectivity index (χ1v) is 7.21. The van der Waals surface area contributed by atoms with Crippen molar-refractivity contribution in [3.63, 3.8) is 0 Å². The van der Waals surface area contributed by atoms with Gasteiger partial charge in [-0.05, 0) is 23.8 Å². The summed E-state index contributed by atoms with van der Waals surface area (Å²) < 4.78 is 69.3. The molecule has 0 aliphatic carbocycles. The first-order valence-electron chi connectivity index (χ1n) is 5.39. The van der Waals surface area contributed by atoms with E-state index < -0.39 is 28.5 Å². The molecule has 0 saturated heterocycles. The third-order valence-electron chi connectivity index (χ3n) is 2.28. The molecule has 0 amide bonds. The highest BCUT2D eigenvalue weighted by atomic mass is 32.2. The Labute approximate surface area is 114 Å². The fourth-order valence-corrected chi connectivity index (χ4v) is 1.72. The van der Waals surface area contributed by atoms with Crippen molar-refractivity contribution in [1.29, 1.82) is 0 Å². The van der Waals surface area contributed by atoms with E-state index in [1.165, 1.54) is 31.4 Å². The van der Waals surface area contributed by atoms with Gasteiger partial charge in [-0.1, -0.05) is 12.1 Å². The fraction of sp³-hybridized carbons (Fsp3) is 0.333. The van der Waals surface area contributed by atoms with Gasteiger partial charge in [0.1, 0.15) is 5.75 Å². The van der Waals surface area contributed by atoms with E-state index in [9.17, 15) is 21.6 Å². The van der Waals surface area contributed by atoms with Crippen LogP contribution in [0.4, 0.5) is 13.2 Å². The van der Waals surface area contributed by atoms with E-state index in [-0.39, 0.29) is 5.56 Å². The highest BCUT2D eigenvalue weighted by Crippen LogP contribution is 2.34. The predicted molar refractivity (Wildman–Crippen MR) is 67.8 cm³/mol. The molecule has 0 bridgehead atoms. The van der Waals surface area contributed by atoms with Crippen LogP contribution in [0.25, 0.3) is 5.57 Å². The molecule has 8 heteroatoms. The first kappa shape index (κ1) is 16.5. The lowest BCUT2D eigenvalue weighted by molar-refractivity contribution is -0.0691. The van der Waals surface area contributed by atoms with E-state index in [1.807, 2.05) is 0 Å². The third kappa shape index (κ3) is 5.22. The van der Waals surface area contributed by atoms with Crippen molar-refractivity contribution in [2.75, 3.05) is 20.0 Å². The maximum atomic E-state index is 12.9. The van der Waals surface area contributed by atoms with E-state index >= 15 is 0 Å². The molecule has 0 aliphatic heterocycles. The lowest BCUT2D eigenvalue weighted by Crippen LogP contribution is -2.12.